The largest absolute Gasteiger partial charge is 0.481 e. The van der Waals surface area contributed by atoms with Gasteiger partial charge in [-0.05, 0) is 0 Å². The molecule has 0 rings (SSSR count). The first-order valence-electron chi connectivity index (χ1n) is 3.47. The van der Waals surface area contributed by atoms with Gasteiger partial charge < -0.3 is 15.5 Å². The van der Waals surface area contributed by atoms with E-state index in [2.05, 4.69) is 0 Å². The standard InChI is InChI=1S/C6H6F3NO5/c7-6(8,9)5(15)10-2(4(13)14)1-3(11)12/h2H,1H2,(H,10,15)(H,11,12)(H,13,14)/t2-/m1/s1. The average Bonchev–Trinajstić information content (AvgIpc) is 1.99. The highest BCUT2D eigenvalue weighted by Crippen LogP contribution is 2.14. The summed E-state index contributed by atoms with van der Waals surface area (Å²) < 4.78 is 35.0. The predicted octanol–water partition coefficient (Wildman–Crippen LogP) is -0.407. The molecular weight excluding hydrogens is 223 g/mol. The van der Waals surface area contributed by atoms with E-state index >= 15 is 0 Å². The van der Waals surface area contributed by atoms with E-state index in [9.17, 15) is 27.6 Å². The molecule has 0 aliphatic heterocycles. The fourth-order valence-electron chi connectivity index (χ4n) is 0.615. The number of carboxylic acids is 2. The summed E-state index contributed by atoms with van der Waals surface area (Å²) in [5, 5.41) is 17.5. The zero-order valence-electron chi connectivity index (χ0n) is 7.04. The van der Waals surface area contributed by atoms with Gasteiger partial charge >= 0.3 is 24.0 Å². The van der Waals surface area contributed by atoms with Crippen LogP contribution >= 0.6 is 0 Å². The Kier molecular flexibility index (Phi) is 4.07. The molecule has 6 nitrogen and oxygen atoms in total. The van der Waals surface area contributed by atoms with Crippen LogP contribution in [0.2, 0.25) is 0 Å². The molecule has 1 atom stereocenters. The van der Waals surface area contributed by atoms with Gasteiger partial charge in [0.2, 0.25) is 0 Å². The first-order valence-corrected chi connectivity index (χ1v) is 3.47. The predicted molar refractivity (Wildman–Crippen MR) is 37.9 cm³/mol. The summed E-state index contributed by atoms with van der Waals surface area (Å²) in [5.74, 6) is -5.98. The molecule has 1 amide bonds. The van der Waals surface area contributed by atoms with Gasteiger partial charge in [-0.15, -0.1) is 0 Å². The summed E-state index contributed by atoms with van der Waals surface area (Å²) in [6.45, 7) is 0. The molecule has 86 valence electrons. The molecular formula is C6H6F3NO5. The van der Waals surface area contributed by atoms with Gasteiger partial charge in [0, 0.05) is 0 Å². The highest BCUT2D eigenvalue weighted by atomic mass is 19.4. The number of hydrogen-bond donors (Lipinski definition) is 3. The monoisotopic (exact) mass is 229 g/mol. The normalized spacial score (nSPS) is 13.0. The number of aliphatic carboxylic acids is 2. The molecule has 0 bridgehead atoms. The molecule has 0 aliphatic rings. The minimum Gasteiger partial charge on any atom is -0.481 e. The third-order valence-corrected chi connectivity index (χ3v) is 1.24. The van der Waals surface area contributed by atoms with Gasteiger partial charge in [-0.3, -0.25) is 9.59 Å². The van der Waals surface area contributed by atoms with Crippen molar-refractivity contribution in [3.8, 4) is 0 Å². The molecule has 9 heteroatoms. The Morgan fingerprint density at radius 2 is 1.67 bits per heavy atom. The van der Waals surface area contributed by atoms with Gasteiger partial charge in [0.05, 0.1) is 6.42 Å². The summed E-state index contributed by atoms with van der Waals surface area (Å²) in [7, 11) is 0. The van der Waals surface area contributed by atoms with Crippen LogP contribution in [0.5, 0.6) is 0 Å². The van der Waals surface area contributed by atoms with E-state index in [0.29, 0.717) is 0 Å². The zero-order chi connectivity index (χ0) is 12.2. The summed E-state index contributed by atoms with van der Waals surface area (Å²) in [5.41, 5.74) is 0. The highest BCUT2D eigenvalue weighted by Gasteiger charge is 2.41. The molecule has 0 aromatic heterocycles. The second-order valence-electron chi connectivity index (χ2n) is 2.46. The Morgan fingerprint density at radius 1 is 1.20 bits per heavy atom. The Morgan fingerprint density at radius 3 is 1.93 bits per heavy atom. The van der Waals surface area contributed by atoms with Crippen molar-refractivity contribution in [2.24, 2.45) is 0 Å². The Bertz CT molecular complexity index is 287. The van der Waals surface area contributed by atoms with Crippen molar-refractivity contribution in [2.45, 2.75) is 18.6 Å². The van der Waals surface area contributed by atoms with Crippen LogP contribution in [0.15, 0.2) is 0 Å². The SMILES string of the molecule is O=C(O)C[C@@H](NC(=O)C(F)(F)F)C(=O)O. The molecule has 0 radical (unpaired) electrons. The zero-order valence-corrected chi connectivity index (χ0v) is 7.04. The molecule has 3 N–H and O–H groups in total. The van der Waals surface area contributed by atoms with Crippen LogP contribution in [-0.2, 0) is 14.4 Å². The van der Waals surface area contributed by atoms with Crippen LogP contribution < -0.4 is 5.32 Å². The number of amides is 1. The summed E-state index contributed by atoms with van der Waals surface area (Å²) in [6.07, 6.45) is -6.37. The molecule has 0 aromatic carbocycles. The van der Waals surface area contributed by atoms with E-state index < -0.39 is 36.5 Å². The number of nitrogens with one attached hydrogen (secondary N) is 1. The molecule has 0 saturated carbocycles. The lowest BCUT2D eigenvalue weighted by Gasteiger charge is -2.13. The fourth-order valence-corrected chi connectivity index (χ4v) is 0.615. The quantitative estimate of drug-likeness (QED) is 0.608. The summed E-state index contributed by atoms with van der Waals surface area (Å²) in [4.78, 5) is 30.6. The van der Waals surface area contributed by atoms with E-state index in [1.807, 2.05) is 0 Å². The van der Waals surface area contributed by atoms with Crippen LogP contribution in [0.3, 0.4) is 0 Å². The van der Waals surface area contributed by atoms with Crippen molar-refractivity contribution in [1.29, 1.82) is 0 Å². The number of alkyl halides is 3. The smallest absolute Gasteiger partial charge is 0.471 e. The van der Waals surface area contributed by atoms with E-state index in [4.69, 9.17) is 10.2 Å². The number of carboxylic acid groups (broad SMARTS) is 2. The number of carbonyl (C=O) groups excluding carboxylic acids is 1. The number of hydrogen-bond acceptors (Lipinski definition) is 3. The highest BCUT2D eigenvalue weighted by molar-refractivity contribution is 5.89. The summed E-state index contributed by atoms with van der Waals surface area (Å²) in [6, 6.07) is -2.10. The van der Waals surface area contributed by atoms with Crippen LogP contribution in [0.25, 0.3) is 0 Å². The number of carbonyl (C=O) groups is 3. The van der Waals surface area contributed by atoms with Crippen molar-refractivity contribution in [1.82, 2.24) is 5.32 Å². The maximum atomic E-state index is 11.7. The first-order chi connectivity index (χ1) is 6.64. The van der Waals surface area contributed by atoms with E-state index in [1.54, 1.807) is 0 Å². The Balaban J connectivity index is 4.50. The molecule has 0 fully saturated rings. The van der Waals surface area contributed by atoms with Crippen LogP contribution in [-0.4, -0.2) is 40.3 Å². The molecule has 0 saturated heterocycles. The van der Waals surface area contributed by atoms with Gasteiger partial charge in [-0.1, -0.05) is 0 Å². The summed E-state index contributed by atoms with van der Waals surface area (Å²) >= 11 is 0. The molecule has 0 unspecified atom stereocenters. The van der Waals surface area contributed by atoms with Crippen LogP contribution in [0, 0.1) is 0 Å². The van der Waals surface area contributed by atoms with E-state index in [0.717, 1.165) is 5.32 Å². The maximum absolute atomic E-state index is 11.7. The van der Waals surface area contributed by atoms with Gasteiger partial charge in [0.1, 0.15) is 6.04 Å². The maximum Gasteiger partial charge on any atom is 0.471 e. The topological polar surface area (TPSA) is 104 Å². The van der Waals surface area contributed by atoms with Gasteiger partial charge in [-0.2, -0.15) is 13.2 Å². The van der Waals surface area contributed by atoms with Crippen molar-refractivity contribution in [3.05, 3.63) is 0 Å². The van der Waals surface area contributed by atoms with Crippen molar-refractivity contribution in [2.75, 3.05) is 0 Å². The first kappa shape index (κ1) is 13.2. The fraction of sp³-hybridized carbons (Fsp3) is 0.500. The van der Waals surface area contributed by atoms with Crippen LogP contribution in [0.4, 0.5) is 13.2 Å². The number of halogens is 3. The van der Waals surface area contributed by atoms with Gasteiger partial charge in [-0.25, -0.2) is 4.79 Å². The molecule has 0 heterocycles. The van der Waals surface area contributed by atoms with Crippen molar-refractivity contribution < 1.29 is 37.8 Å². The lowest BCUT2D eigenvalue weighted by atomic mass is 10.2. The molecule has 0 aliphatic carbocycles. The number of rotatable bonds is 4. The third kappa shape index (κ3) is 4.84. The minimum atomic E-state index is -5.24. The second-order valence-corrected chi connectivity index (χ2v) is 2.46. The lowest BCUT2D eigenvalue weighted by Crippen LogP contribution is -2.47. The molecule has 0 spiro atoms. The molecule has 0 aromatic rings. The second kappa shape index (κ2) is 4.62. The average molecular weight is 229 g/mol. The third-order valence-electron chi connectivity index (χ3n) is 1.24. The van der Waals surface area contributed by atoms with E-state index in [1.165, 1.54) is 0 Å². The minimum absolute atomic E-state index is 1.04. The van der Waals surface area contributed by atoms with E-state index in [-0.39, 0.29) is 0 Å². The Labute approximate surface area is 80.7 Å². The lowest BCUT2D eigenvalue weighted by molar-refractivity contribution is -0.175. The molecule has 15 heavy (non-hydrogen) atoms. The Hall–Kier alpha value is -1.80. The van der Waals surface area contributed by atoms with Crippen molar-refractivity contribution >= 4 is 17.8 Å². The van der Waals surface area contributed by atoms with Crippen molar-refractivity contribution in [3.63, 3.8) is 0 Å². The van der Waals surface area contributed by atoms with Gasteiger partial charge in [0.15, 0.2) is 0 Å². The van der Waals surface area contributed by atoms with Crippen LogP contribution in [0.1, 0.15) is 6.42 Å². The van der Waals surface area contributed by atoms with Gasteiger partial charge in [0.25, 0.3) is 0 Å².